The number of amides is 1. The molecule has 0 saturated carbocycles. The van der Waals surface area contributed by atoms with Crippen molar-refractivity contribution in [3.63, 3.8) is 0 Å². The molecule has 0 aliphatic heterocycles. The molecule has 0 aromatic carbocycles. The third-order valence-electron chi connectivity index (χ3n) is 1.39. The van der Waals surface area contributed by atoms with Gasteiger partial charge in [0.25, 0.3) is 0 Å². The summed E-state index contributed by atoms with van der Waals surface area (Å²) >= 11 is 0. The number of rotatable bonds is 5. The van der Waals surface area contributed by atoms with Crippen LogP contribution < -0.4 is 0 Å². The van der Waals surface area contributed by atoms with Crippen LogP contribution in [0.3, 0.4) is 0 Å². The maximum atomic E-state index is 10.9. The second-order valence-corrected chi connectivity index (χ2v) is 2.31. The molecule has 1 amide bonds. The van der Waals surface area contributed by atoms with E-state index in [1.54, 1.807) is 19.1 Å². The highest BCUT2D eigenvalue weighted by molar-refractivity contribution is 5.86. The Morgan fingerprint density at radius 2 is 2.36 bits per heavy atom. The van der Waals surface area contributed by atoms with Crippen LogP contribution in [0.4, 0.5) is 0 Å². The molecule has 0 aromatic rings. The lowest BCUT2D eigenvalue weighted by Crippen LogP contribution is -2.26. The van der Waals surface area contributed by atoms with Gasteiger partial charge in [-0.15, -0.1) is 0 Å². The summed E-state index contributed by atoms with van der Waals surface area (Å²) in [6, 6.07) is 0. The summed E-state index contributed by atoms with van der Waals surface area (Å²) < 4.78 is 4.84. The number of carbonyl (C=O) groups excluding carboxylic acids is 1. The lowest BCUT2D eigenvalue weighted by Gasteiger charge is -2.13. The maximum Gasteiger partial charge on any atom is 0.245 e. The van der Waals surface area contributed by atoms with Crippen LogP contribution in [-0.2, 0) is 9.53 Å². The van der Waals surface area contributed by atoms with Gasteiger partial charge in [0.15, 0.2) is 0 Å². The van der Waals surface area contributed by atoms with E-state index in [1.165, 1.54) is 6.08 Å². The fourth-order valence-electron chi connectivity index (χ4n) is 0.712. The number of nitrogens with zero attached hydrogens (tertiary/aromatic N) is 1. The molecule has 0 saturated heterocycles. The third-order valence-corrected chi connectivity index (χ3v) is 1.39. The minimum absolute atomic E-state index is 0.0406. The van der Waals surface area contributed by atoms with Crippen LogP contribution in [0, 0.1) is 0 Å². The van der Waals surface area contributed by atoms with Crippen LogP contribution in [0.2, 0.25) is 0 Å². The number of ether oxygens (including phenoxy) is 1. The summed E-state index contributed by atoms with van der Waals surface area (Å²) in [5, 5.41) is 0. The summed E-state index contributed by atoms with van der Waals surface area (Å²) in [6.07, 6.45) is 2.18. The van der Waals surface area contributed by atoms with Crippen molar-refractivity contribution in [2.75, 3.05) is 27.3 Å². The molecular weight excluding hydrogens is 142 g/mol. The zero-order chi connectivity index (χ0) is 8.69. The van der Waals surface area contributed by atoms with Gasteiger partial charge in [0.2, 0.25) is 5.91 Å². The van der Waals surface area contributed by atoms with E-state index in [1.807, 2.05) is 0 Å². The van der Waals surface area contributed by atoms with E-state index in [0.717, 1.165) is 13.0 Å². The van der Waals surface area contributed by atoms with E-state index in [0.29, 0.717) is 6.61 Å². The van der Waals surface area contributed by atoms with Crippen LogP contribution in [0.15, 0.2) is 12.7 Å². The largest absolute Gasteiger partial charge is 0.385 e. The van der Waals surface area contributed by atoms with Crippen molar-refractivity contribution in [2.45, 2.75) is 6.42 Å². The number of likely N-dealkylation sites (N-methyl/N-ethyl adjacent to an activating group) is 1. The highest BCUT2D eigenvalue weighted by Gasteiger charge is 2.01. The summed E-state index contributed by atoms with van der Waals surface area (Å²) in [7, 11) is 3.40. The van der Waals surface area contributed by atoms with Gasteiger partial charge in [0.05, 0.1) is 0 Å². The second kappa shape index (κ2) is 5.92. The fourth-order valence-corrected chi connectivity index (χ4v) is 0.712. The summed E-state index contributed by atoms with van der Waals surface area (Å²) in [4.78, 5) is 12.5. The average Bonchev–Trinajstić information content (AvgIpc) is 2.03. The Bertz CT molecular complexity index is 134. The van der Waals surface area contributed by atoms with Crippen molar-refractivity contribution >= 4 is 5.91 Å². The van der Waals surface area contributed by atoms with Crippen molar-refractivity contribution in [3.8, 4) is 0 Å². The first-order valence-electron chi connectivity index (χ1n) is 3.59. The summed E-state index contributed by atoms with van der Waals surface area (Å²) in [5.41, 5.74) is 0. The Hall–Kier alpha value is -0.830. The van der Waals surface area contributed by atoms with E-state index >= 15 is 0 Å². The van der Waals surface area contributed by atoms with Crippen molar-refractivity contribution in [1.82, 2.24) is 4.90 Å². The molecule has 0 fully saturated rings. The fraction of sp³-hybridized carbons (Fsp3) is 0.625. The summed E-state index contributed by atoms with van der Waals surface area (Å²) in [6.45, 7) is 4.80. The molecule has 0 aliphatic rings. The molecule has 0 heterocycles. The van der Waals surface area contributed by atoms with Gasteiger partial charge < -0.3 is 9.64 Å². The lowest BCUT2D eigenvalue weighted by atomic mass is 10.4. The molecule has 0 N–H and O–H groups in total. The minimum Gasteiger partial charge on any atom is -0.385 e. The van der Waals surface area contributed by atoms with Crippen LogP contribution in [0.25, 0.3) is 0 Å². The summed E-state index contributed by atoms with van der Waals surface area (Å²) in [5.74, 6) is -0.0406. The average molecular weight is 157 g/mol. The topological polar surface area (TPSA) is 29.5 Å². The molecule has 0 rings (SSSR count). The Labute approximate surface area is 67.6 Å². The monoisotopic (exact) mass is 157 g/mol. The van der Waals surface area contributed by atoms with Crippen LogP contribution in [0.5, 0.6) is 0 Å². The van der Waals surface area contributed by atoms with E-state index in [2.05, 4.69) is 6.58 Å². The van der Waals surface area contributed by atoms with Crippen LogP contribution >= 0.6 is 0 Å². The molecule has 11 heavy (non-hydrogen) atoms. The predicted octanol–water partition coefficient (Wildman–Crippen LogP) is 0.667. The first-order valence-corrected chi connectivity index (χ1v) is 3.59. The van der Waals surface area contributed by atoms with E-state index in [4.69, 9.17) is 4.74 Å². The van der Waals surface area contributed by atoms with Gasteiger partial charge in [-0.05, 0) is 12.5 Å². The zero-order valence-electron chi connectivity index (χ0n) is 7.17. The van der Waals surface area contributed by atoms with Gasteiger partial charge in [-0.1, -0.05) is 6.58 Å². The van der Waals surface area contributed by atoms with Crippen molar-refractivity contribution in [3.05, 3.63) is 12.7 Å². The quantitative estimate of drug-likeness (QED) is 0.433. The van der Waals surface area contributed by atoms with Crippen molar-refractivity contribution in [2.24, 2.45) is 0 Å². The highest BCUT2D eigenvalue weighted by Crippen LogP contribution is 1.89. The van der Waals surface area contributed by atoms with Gasteiger partial charge in [-0.25, -0.2) is 0 Å². The Morgan fingerprint density at radius 1 is 1.73 bits per heavy atom. The Morgan fingerprint density at radius 3 is 2.82 bits per heavy atom. The Kier molecular flexibility index (Phi) is 5.47. The lowest BCUT2D eigenvalue weighted by molar-refractivity contribution is -0.124. The van der Waals surface area contributed by atoms with Crippen LogP contribution in [0.1, 0.15) is 6.42 Å². The van der Waals surface area contributed by atoms with Gasteiger partial charge in [-0.2, -0.15) is 0 Å². The maximum absolute atomic E-state index is 10.9. The molecule has 3 nitrogen and oxygen atoms in total. The van der Waals surface area contributed by atoms with E-state index in [9.17, 15) is 4.79 Å². The minimum atomic E-state index is -0.0406. The molecular formula is C8H15NO2. The molecule has 0 aromatic heterocycles. The standard InChI is InChI=1S/C8H15NO2/c1-4-8(10)9(2)6-5-7-11-3/h4H,1,5-7H2,2-3H3. The number of hydrogen-bond donors (Lipinski definition) is 0. The van der Waals surface area contributed by atoms with Gasteiger partial charge in [-0.3, -0.25) is 4.79 Å². The first-order chi connectivity index (χ1) is 5.22. The normalized spacial score (nSPS) is 9.27. The van der Waals surface area contributed by atoms with E-state index < -0.39 is 0 Å². The SMILES string of the molecule is C=CC(=O)N(C)CCCOC. The third kappa shape index (κ3) is 4.56. The number of carbonyl (C=O) groups is 1. The predicted molar refractivity (Wildman–Crippen MR) is 44.3 cm³/mol. The van der Waals surface area contributed by atoms with Gasteiger partial charge in [0, 0.05) is 27.3 Å². The zero-order valence-corrected chi connectivity index (χ0v) is 7.17. The number of methoxy groups -OCH3 is 1. The molecule has 0 bridgehead atoms. The van der Waals surface area contributed by atoms with Gasteiger partial charge >= 0.3 is 0 Å². The second-order valence-electron chi connectivity index (χ2n) is 2.31. The molecule has 0 aliphatic carbocycles. The molecule has 0 atom stereocenters. The van der Waals surface area contributed by atoms with E-state index in [-0.39, 0.29) is 5.91 Å². The smallest absolute Gasteiger partial charge is 0.245 e. The number of hydrogen-bond acceptors (Lipinski definition) is 2. The molecule has 0 unspecified atom stereocenters. The Balaban J connectivity index is 3.43. The van der Waals surface area contributed by atoms with Crippen molar-refractivity contribution < 1.29 is 9.53 Å². The molecule has 0 radical (unpaired) electrons. The molecule has 64 valence electrons. The van der Waals surface area contributed by atoms with Gasteiger partial charge in [0.1, 0.15) is 0 Å². The molecule has 0 spiro atoms. The van der Waals surface area contributed by atoms with Crippen molar-refractivity contribution in [1.29, 1.82) is 0 Å². The highest BCUT2D eigenvalue weighted by atomic mass is 16.5. The first kappa shape index (κ1) is 10.2. The molecule has 3 heteroatoms. The van der Waals surface area contributed by atoms with Crippen LogP contribution in [-0.4, -0.2) is 38.1 Å².